The van der Waals surface area contributed by atoms with Crippen molar-refractivity contribution in [3.05, 3.63) is 35.4 Å². The molecule has 0 bridgehead atoms. The van der Waals surface area contributed by atoms with Gasteiger partial charge in [0.05, 0.1) is 0 Å². The maximum atomic E-state index is 2.38. The minimum absolute atomic E-state index is 1.00. The second kappa shape index (κ2) is 6.73. The summed E-state index contributed by atoms with van der Waals surface area (Å²) in [4.78, 5) is 0. The van der Waals surface area contributed by atoms with E-state index in [0.717, 1.165) is 11.8 Å². The lowest BCUT2D eigenvalue weighted by molar-refractivity contribution is 0.277. The molecule has 16 heavy (non-hydrogen) atoms. The van der Waals surface area contributed by atoms with Gasteiger partial charge in [0.2, 0.25) is 0 Å². The summed E-state index contributed by atoms with van der Waals surface area (Å²) in [6.07, 6.45) is 5.90. The van der Waals surface area contributed by atoms with Crippen LogP contribution < -0.4 is 0 Å². The third kappa shape index (κ3) is 4.38. The molecule has 1 aromatic rings. The Morgan fingerprint density at radius 1 is 0.812 bits per heavy atom. The van der Waals surface area contributed by atoms with Gasteiger partial charge in [-0.05, 0) is 36.8 Å². The second-order valence-corrected chi connectivity index (χ2v) is 5.32. The molecule has 0 aliphatic heterocycles. The molecule has 0 aromatic heterocycles. The highest BCUT2D eigenvalue weighted by Gasteiger charge is 2.15. The van der Waals surface area contributed by atoms with Gasteiger partial charge in [-0.2, -0.15) is 0 Å². The minimum atomic E-state index is 1.00. The Kier molecular flexibility index (Phi) is 5.59. The van der Waals surface area contributed by atoms with Crippen molar-refractivity contribution < 1.29 is 0 Å². The van der Waals surface area contributed by atoms with Gasteiger partial charge in [-0.15, -0.1) is 0 Å². The Labute approximate surface area is 101 Å². The van der Waals surface area contributed by atoms with E-state index in [1.54, 1.807) is 0 Å². The van der Waals surface area contributed by atoms with Crippen LogP contribution in [0.4, 0.5) is 0 Å². The maximum absolute atomic E-state index is 2.38. The molecule has 0 saturated heterocycles. The van der Waals surface area contributed by atoms with Crippen LogP contribution in [-0.2, 0) is 0 Å². The predicted octanol–water partition coefficient (Wildman–Crippen LogP) is 5.14. The molecule has 0 unspecified atom stereocenters. The predicted molar refractivity (Wildman–Crippen MR) is 72.7 cm³/mol. The molecule has 0 N–H and O–H groups in total. The van der Waals surface area contributed by atoms with Crippen molar-refractivity contribution >= 4 is 0 Å². The Morgan fingerprint density at radius 2 is 1.19 bits per heavy atom. The van der Waals surface area contributed by atoms with Gasteiger partial charge in [0.25, 0.3) is 0 Å². The zero-order chi connectivity index (χ0) is 12.0. The Balaban J connectivity index is 0.000000160. The van der Waals surface area contributed by atoms with Crippen molar-refractivity contribution in [1.82, 2.24) is 0 Å². The highest BCUT2D eigenvalue weighted by Crippen LogP contribution is 2.28. The summed E-state index contributed by atoms with van der Waals surface area (Å²) in [6.45, 7) is 9.00. The quantitative estimate of drug-likeness (QED) is 0.566. The number of hydrogen-bond donors (Lipinski definition) is 0. The molecule has 2 rings (SSSR count). The van der Waals surface area contributed by atoms with Crippen LogP contribution in [-0.4, -0.2) is 0 Å². The smallest absolute Gasteiger partial charge is 0.0395 e. The van der Waals surface area contributed by atoms with E-state index < -0.39 is 0 Å². The zero-order valence-electron chi connectivity index (χ0n) is 11.3. The SMILES string of the molecule is C[C@@H]1CCCC[C@@H]1C.Cc1ccccc1C. The summed E-state index contributed by atoms with van der Waals surface area (Å²) in [5.41, 5.74) is 2.74. The van der Waals surface area contributed by atoms with Crippen molar-refractivity contribution in [2.24, 2.45) is 11.8 Å². The van der Waals surface area contributed by atoms with Gasteiger partial charge >= 0.3 is 0 Å². The Bertz CT molecular complexity index is 270. The van der Waals surface area contributed by atoms with Gasteiger partial charge in [-0.3, -0.25) is 0 Å². The zero-order valence-corrected chi connectivity index (χ0v) is 11.3. The lowest BCUT2D eigenvalue weighted by atomic mass is 9.82. The summed E-state index contributed by atoms with van der Waals surface area (Å²) in [6, 6.07) is 8.36. The van der Waals surface area contributed by atoms with E-state index in [4.69, 9.17) is 0 Å². The first-order valence-corrected chi connectivity index (χ1v) is 6.63. The van der Waals surface area contributed by atoms with E-state index in [1.165, 1.54) is 36.8 Å². The molecular weight excluding hydrogens is 192 g/mol. The lowest BCUT2D eigenvalue weighted by Gasteiger charge is -2.24. The van der Waals surface area contributed by atoms with Crippen molar-refractivity contribution in [3.63, 3.8) is 0 Å². The molecule has 1 aliphatic rings. The topological polar surface area (TPSA) is 0 Å². The van der Waals surface area contributed by atoms with Gasteiger partial charge in [-0.1, -0.05) is 63.8 Å². The van der Waals surface area contributed by atoms with Gasteiger partial charge in [0.15, 0.2) is 0 Å². The van der Waals surface area contributed by atoms with Gasteiger partial charge in [0.1, 0.15) is 0 Å². The summed E-state index contributed by atoms with van der Waals surface area (Å²) >= 11 is 0. The molecular formula is C16H26. The molecule has 0 spiro atoms. The van der Waals surface area contributed by atoms with Crippen LogP contribution in [0.2, 0.25) is 0 Å². The molecule has 1 aliphatic carbocycles. The van der Waals surface area contributed by atoms with Gasteiger partial charge in [-0.25, -0.2) is 0 Å². The summed E-state index contributed by atoms with van der Waals surface area (Å²) in [7, 11) is 0. The normalized spacial score (nSPS) is 24.5. The largest absolute Gasteiger partial charge is 0.0623 e. The molecule has 0 heteroatoms. The molecule has 0 heterocycles. The molecule has 0 amide bonds. The first-order valence-electron chi connectivity index (χ1n) is 6.63. The molecule has 0 radical (unpaired) electrons. The summed E-state index contributed by atoms with van der Waals surface area (Å²) in [5.74, 6) is 2.01. The molecule has 1 saturated carbocycles. The molecule has 1 fully saturated rings. The van der Waals surface area contributed by atoms with Crippen LogP contribution >= 0.6 is 0 Å². The summed E-state index contributed by atoms with van der Waals surface area (Å²) < 4.78 is 0. The fraction of sp³-hybridized carbons (Fsp3) is 0.625. The van der Waals surface area contributed by atoms with E-state index in [0.29, 0.717) is 0 Å². The number of rotatable bonds is 0. The third-order valence-electron chi connectivity index (χ3n) is 3.97. The van der Waals surface area contributed by atoms with Crippen molar-refractivity contribution in [2.45, 2.75) is 53.4 Å². The van der Waals surface area contributed by atoms with E-state index in [9.17, 15) is 0 Å². The van der Waals surface area contributed by atoms with Crippen LogP contribution in [0.1, 0.15) is 50.7 Å². The first kappa shape index (κ1) is 13.3. The van der Waals surface area contributed by atoms with Crippen molar-refractivity contribution in [3.8, 4) is 0 Å². The fourth-order valence-corrected chi connectivity index (χ4v) is 2.16. The van der Waals surface area contributed by atoms with Gasteiger partial charge in [0, 0.05) is 0 Å². The third-order valence-corrected chi connectivity index (χ3v) is 3.97. The van der Waals surface area contributed by atoms with Crippen LogP contribution in [0.15, 0.2) is 24.3 Å². The average Bonchev–Trinajstić information content (AvgIpc) is 2.28. The van der Waals surface area contributed by atoms with Gasteiger partial charge < -0.3 is 0 Å². The van der Waals surface area contributed by atoms with Crippen molar-refractivity contribution in [2.75, 3.05) is 0 Å². The number of benzene rings is 1. The molecule has 0 nitrogen and oxygen atoms in total. The number of aryl methyl sites for hydroxylation is 2. The second-order valence-electron chi connectivity index (χ2n) is 5.32. The molecule has 90 valence electrons. The highest BCUT2D eigenvalue weighted by atomic mass is 14.2. The van der Waals surface area contributed by atoms with Crippen LogP contribution in [0.3, 0.4) is 0 Å². The first-order chi connectivity index (χ1) is 7.61. The fourth-order valence-electron chi connectivity index (χ4n) is 2.16. The van der Waals surface area contributed by atoms with Crippen LogP contribution in [0.25, 0.3) is 0 Å². The highest BCUT2D eigenvalue weighted by molar-refractivity contribution is 5.23. The molecule has 1 aromatic carbocycles. The van der Waals surface area contributed by atoms with Crippen molar-refractivity contribution in [1.29, 1.82) is 0 Å². The van der Waals surface area contributed by atoms with Crippen LogP contribution in [0, 0.1) is 25.7 Å². The van der Waals surface area contributed by atoms with E-state index in [2.05, 4.69) is 52.0 Å². The van der Waals surface area contributed by atoms with E-state index in [1.807, 2.05) is 0 Å². The average molecular weight is 218 g/mol. The standard InChI is InChI=1S/C8H16.C8H10/c2*1-7-5-3-4-6-8(7)2/h7-8H,3-6H2,1-2H3;3-6H,1-2H3/t7-,8+;. The Hall–Kier alpha value is -0.780. The monoisotopic (exact) mass is 218 g/mol. The summed E-state index contributed by atoms with van der Waals surface area (Å²) in [5, 5.41) is 0. The Morgan fingerprint density at radius 3 is 1.44 bits per heavy atom. The lowest BCUT2D eigenvalue weighted by Crippen LogP contribution is -2.12. The molecule has 2 atom stereocenters. The maximum Gasteiger partial charge on any atom is -0.0395 e. The van der Waals surface area contributed by atoms with E-state index in [-0.39, 0.29) is 0 Å². The van der Waals surface area contributed by atoms with Crippen LogP contribution in [0.5, 0.6) is 0 Å². The minimum Gasteiger partial charge on any atom is -0.0623 e. The number of hydrogen-bond acceptors (Lipinski definition) is 0. The van der Waals surface area contributed by atoms with E-state index >= 15 is 0 Å².